The fourth-order valence-electron chi connectivity index (χ4n) is 2.99. The van der Waals surface area contributed by atoms with Gasteiger partial charge in [-0.05, 0) is 26.2 Å². The molecule has 0 heterocycles. The van der Waals surface area contributed by atoms with E-state index < -0.39 is 0 Å². The van der Waals surface area contributed by atoms with Gasteiger partial charge < -0.3 is 11.1 Å². The molecule has 98 valence electrons. The Labute approximate surface area is 106 Å². The van der Waals surface area contributed by atoms with E-state index >= 15 is 0 Å². The van der Waals surface area contributed by atoms with Crippen molar-refractivity contribution in [1.82, 2.24) is 5.32 Å². The van der Waals surface area contributed by atoms with Crippen molar-refractivity contribution in [2.45, 2.75) is 59.0 Å². The van der Waals surface area contributed by atoms with Gasteiger partial charge in [-0.25, -0.2) is 0 Å². The lowest BCUT2D eigenvalue weighted by Crippen LogP contribution is -2.45. The molecule has 0 radical (unpaired) electrons. The Morgan fingerprint density at radius 3 is 2.59 bits per heavy atom. The van der Waals surface area contributed by atoms with Gasteiger partial charge in [-0.2, -0.15) is 0 Å². The molecule has 3 N–H and O–H groups in total. The van der Waals surface area contributed by atoms with Crippen LogP contribution >= 0.6 is 0 Å². The number of hydrogen-bond acceptors (Lipinski definition) is 2. The lowest BCUT2D eigenvalue weighted by Gasteiger charge is -2.31. The Morgan fingerprint density at radius 2 is 2.12 bits per heavy atom. The third kappa shape index (κ3) is 3.60. The molecule has 1 aliphatic carbocycles. The molecule has 0 saturated heterocycles. The fraction of sp³-hybridized carbons (Fsp3) is 0.733. The molecule has 0 fully saturated rings. The Kier molecular flexibility index (Phi) is 5.26. The Morgan fingerprint density at radius 1 is 1.53 bits per heavy atom. The van der Waals surface area contributed by atoms with Gasteiger partial charge in [-0.15, -0.1) is 0 Å². The molecule has 3 atom stereocenters. The molecule has 2 heteroatoms. The first-order valence-corrected chi connectivity index (χ1v) is 6.84. The second-order valence-electron chi connectivity index (χ2n) is 5.48. The van der Waals surface area contributed by atoms with Crippen LogP contribution in [0.1, 0.15) is 47.0 Å². The van der Waals surface area contributed by atoms with E-state index in [9.17, 15) is 0 Å². The van der Waals surface area contributed by atoms with Gasteiger partial charge in [0.05, 0.1) is 0 Å². The van der Waals surface area contributed by atoms with Crippen LogP contribution in [0.15, 0.2) is 23.9 Å². The summed E-state index contributed by atoms with van der Waals surface area (Å²) >= 11 is 0. The van der Waals surface area contributed by atoms with Crippen molar-refractivity contribution in [1.29, 1.82) is 0 Å². The van der Waals surface area contributed by atoms with Crippen LogP contribution in [-0.4, -0.2) is 12.1 Å². The predicted octanol–water partition coefficient (Wildman–Crippen LogP) is 3.21. The van der Waals surface area contributed by atoms with Gasteiger partial charge in [-0.3, -0.25) is 0 Å². The smallest absolute Gasteiger partial charge is 0.0372 e. The molecule has 0 bridgehead atoms. The van der Waals surface area contributed by atoms with E-state index in [2.05, 4.69) is 38.7 Å². The number of allylic oxidation sites excluding steroid dienone is 1. The van der Waals surface area contributed by atoms with Gasteiger partial charge >= 0.3 is 0 Å². The van der Waals surface area contributed by atoms with Crippen LogP contribution in [0.2, 0.25) is 0 Å². The summed E-state index contributed by atoms with van der Waals surface area (Å²) in [7, 11) is 0. The van der Waals surface area contributed by atoms with Crippen molar-refractivity contribution in [3.05, 3.63) is 23.9 Å². The maximum atomic E-state index is 6.46. The highest BCUT2D eigenvalue weighted by atomic mass is 14.9. The van der Waals surface area contributed by atoms with Gasteiger partial charge in [0.1, 0.15) is 0 Å². The highest BCUT2D eigenvalue weighted by molar-refractivity contribution is 5.18. The number of nitrogens with one attached hydrogen (secondary N) is 1. The van der Waals surface area contributed by atoms with Gasteiger partial charge in [0.2, 0.25) is 0 Å². The minimum Gasteiger partial charge on any atom is -0.385 e. The Balaban J connectivity index is 2.74. The van der Waals surface area contributed by atoms with Crippen molar-refractivity contribution in [2.75, 3.05) is 0 Å². The lowest BCUT2D eigenvalue weighted by atomic mass is 9.83. The van der Waals surface area contributed by atoms with Crippen molar-refractivity contribution < 1.29 is 0 Å². The number of hydrogen-bond donors (Lipinski definition) is 2. The maximum Gasteiger partial charge on any atom is 0.0372 e. The summed E-state index contributed by atoms with van der Waals surface area (Å²) in [6.45, 7) is 12.6. The molecule has 0 aliphatic heterocycles. The van der Waals surface area contributed by atoms with Crippen LogP contribution in [0.5, 0.6) is 0 Å². The monoisotopic (exact) mass is 236 g/mol. The lowest BCUT2D eigenvalue weighted by molar-refractivity contribution is 0.293. The summed E-state index contributed by atoms with van der Waals surface area (Å²) in [6.07, 6.45) is 5.80. The maximum absolute atomic E-state index is 6.46. The first-order valence-electron chi connectivity index (χ1n) is 6.84. The van der Waals surface area contributed by atoms with Gasteiger partial charge in [0.15, 0.2) is 0 Å². The molecule has 0 aromatic rings. The zero-order valence-electron chi connectivity index (χ0n) is 11.8. The van der Waals surface area contributed by atoms with Crippen LogP contribution in [-0.2, 0) is 0 Å². The van der Waals surface area contributed by atoms with E-state index in [4.69, 9.17) is 5.73 Å². The third-order valence-corrected chi connectivity index (χ3v) is 3.95. The number of nitrogens with two attached hydrogens (primary N) is 1. The molecule has 1 rings (SSSR count). The second-order valence-corrected chi connectivity index (χ2v) is 5.48. The average molecular weight is 236 g/mol. The average Bonchev–Trinajstić information content (AvgIpc) is 2.60. The Bertz CT molecular complexity index is 289. The summed E-state index contributed by atoms with van der Waals surface area (Å²) in [5, 5.41) is 3.48. The topological polar surface area (TPSA) is 38.0 Å². The van der Waals surface area contributed by atoms with E-state index in [0.29, 0.717) is 17.9 Å². The van der Waals surface area contributed by atoms with Crippen LogP contribution in [0.3, 0.4) is 0 Å². The first kappa shape index (κ1) is 14.3. The highest BCUT2D eigenvalue weighted by Crippen LogP contribution is 2.31. The summed E-state index contributed by atoms with van der Waals surface area (Å²) in [6, 6.07) is 0.711. The van der Waals surface area contributed by atoms with E-state index in [-0.39, 0.29) is 6.04 Å². The van der Waals surface area contributed by atoms with Crippen LogP contribution in [0.25, 0.3) is 0 Å². The molecule has 0 aromatic heterocycles. The largest absolute Gasteiger partial charge is 0.385 e. The van der Waals surface area contributed by atoms with Gasteiger partial charge in [0, 0.05) is 23.7 Å². The molecule has 0 spiro atoms. The third-order valence-electron chi connectivity index (χ3n) is 3.95. The zero-order chi connectivity index (χ0) is 13.0. The minimum atomic E-state index is 0.263. The summed E-state index contributed by atoms with van der Waals surface area (Å²) in [4.78, 5) is 0. The molecule has 1 aliphatic rings. The summed E-state index contributed by atoms with van der Waals surface area (Å²) in [5.41, 5.74) is 8.95. The van der Waals surface area contributed by atoms with Crippen LogP contribution in [0, 0.1) is 11.8 Å². The van der Waals surface area contributed by atoms with Gasteiger partial charge in [0.25, 0.3) is 0 Å². The second kappa shape index (κ2) is 6.25. The highest BCUT2D eigenvalue weighted by Gasteiger charge is 2.33. The molecular weight excluding hydrogens is 208 g/mol. The fourth-order valence-corrected chi connectivity index (χ4v) is 2.99. The van der Waals surface area contributed by atoms with Gasteiger partial charge in [-0.1, -0.05) is 44.9 Å². The standard InChI is InChI=1S/C15H28N2/c1-6-12(7-2)15(16)13-8-11(5)9-14(13)17-10(3)4/h8,12-15,17H,3,6-7,9,16H2,1-2,4-5H3/t13-,14-,15?/m1/s1. The van der Waals surface area contributed by atoms with E-state index in [1.54, 1.807) is 0 Å². The first-order chi connectivity index (χ1) is 7.99. The van der Waals surface area contributed by atoms with E-state index in [0.717, 1.165) is 12.1 Å². The van der Waals surface area contributed by atoms with Crippen molar-refractivity contribution in [2.24, 2.45) is 17.6 Å². The quantitative estimate of drug-likeness (QED) is 0.695. The molecule has 0 amide bonds. The van der Waals surface area contributed by atoms with Crippen LogP contribution < -0.4 is 11.1 Å². The number of rotatable bonds is 6. The van der Waals surface area contributed by atoms with Crippen molar-refractivity contribution in [3.8, 4) is 0 Å². The molecule has 0 aromatic carbocycles. The molecule has 2 nitrogen and oxygen atoms in total. The van der Waals surface area contributed by atoms with Crippen LogP contribution in [0.4, 0.5) is 0 Å². The predicted molar refractivity (Wildman–Crippen MR) is 75.6 cm³/mol. The summed E-state index contributed by atoms with van der Waals surface area (Å²) < 4.78 is 0. The SMILES string of the molecule is C=C(C)N[C@@H]1CC(C)=C[C@H]1C(N)C(CC)CC. The molecular formula is C15H28N2. The zero-order valence-corrected chi connectivity index (χ0v) is 11.8. The summed E-state index contributed by atoms with van der Waals surface area (Å²) in [5.74, 6) is 1.08. The molecule has 0 saturated carbocycles. The van der Waals surface area contributed by atoms with E-state index in [1.807, 2.05) is 6.92 Å². The molecule has 17 heavy (non-hydrogen) atoms. The normalized spacial score (nSPS) is 25.9. The minimum absolute atomic E-state index is 0.263. The van der Waals surface area contributed by atoms with Crippen molar-refractivity contribution in [3.63, 3.8) is 0 Å². The van der Waals surface area contributed by atoms with Crippen molar-refractivity contribution >= 4 is 0 Å². The Hall–Kier alpha value is -0.760. The molecule has 1 unspecified atom stereocenters. The van der Waals surface area contributed by atoms with E-state index in [1.165, 1.54) is 18.4 Å².